The molecule has 0 bridgehead atoms. The molecule has 25 heavy (non-hydrogen) atoms. The first-order valence-electron chi connectivity index (χ1n) is 10.2. The number of carbonyl (C=O) groups excluding carboxylic acids is 1. The second kappa shape index (κ2) is 12.2. The molecule has 1 aliphatic heterocycles. The monoisotopic (exact) mass is 345 g/mol. The third-order valence-electron chi connectivity index (χ3n) is 5.21. The molecule has 0 N–H and O–H groups in total. The molecule has 2 unspecified atom stereocenters. The normalized spacial score (nSPS) is 19.6. The standard InChI is InChI=1S/C22H35NO2/c1-2-3-4-5-6-10-16-22(23-17-12-11-15-21(23)18-24)25-19-20-13-8-7-9-14-20/h7-9,13-14,18,21-22H,2-6,10-12,15-17,19H2,1H3. The maximum Gasteiger partial charge on any atom is 0.137 e. The number of hydrogen-bond donors (Lipinski definition) is 0. The van der Waals surface area contributed by atoms with Gasteiger partial charge in [0.2, 0.25) is 0 Å². The molecule has 1 saturated heterocycles. The summed E-state index contributed by atoms with van der Waals surface area (Å²) in [6.07, 6.45) is 13.3. The third kappa shape index (κ3) is 7.29. The smallest absolute Gasteiger partial charge is 0.137 e. The second-order valence-electron chi connectivity index (χ2n) is 7.24. The summed E-state index contributed by atoms with van der Waals surface area (Å²) in [7, 11) is 0. The lowest BCUT2D eigenvalue weighted by atomic mass is 10.0. The number of likely N-dealkylation sites (tertiary alicyclic amines) is 1. The minimum absolute atomic E-state index is 0.0367. The van der Waals surface area contributed by atoms with E-state index < -0.39 is 0 Å². The molecule has 140 valence electrons. The first kappa shape index (κ1) is 20.1. The van der Waals surface area contributed by atoms with E-state index in [-0.39, 0.29) is 12.3 Å². The van der Waals surface area contributed by atoms with E-state index in [1.54, 1.807) is 0 Å². The zero-order valence-electron chi connectivity index (χ0n) is 15.9. The molecule has 0 radical (unpaired) electrons. The van der Waals surface area contributed by atoms with Crippen LogP contribution < -0.4 is 0 Å². The summed E-state index contributed by atoms with van der Waals surface area (Å²) >= 11 is 0. The second-order valence-corrected chi connectivity index (χ2v) is 7.24. The minimum Gasteiger partial charge on any atom is -0.358 e. The lowest BCUT2D eigenvalue weighted by Crippen LogP contribution is -2.48. The van der Waals surface area contributed by atoms with Crippen molar-refractivity contribution in [1.29, 1.82) is 0 Å². The molecule has 1 aromatic rings. The van der Waals surface area contributed by atoms with Gasteiger partial charge in [0.15, 0.2) is 0 Å². The summed E-state index contributed by atoms with van der Waals surface area (Å²) in [6.45, 7) is 3.87. The molecule has 0 aliphatic carbocycles. The number of piperidine rings is 1. The molecule has 1 aromatic carbocycles. The van der Waals surface area contributed by atoms with Crippen molar-refractivity contribution in [3.05, 3.63) is 35.9 Å². The summed E-state index contributed by atoms with van der Waals surface area (Å²) in [4.78, 5) is 13.8. The zero-order valence-corrected chi connectivity index (χ0v) is 15.9. The van der Waals surface area contributed by atoms with E-state index in [4.69, 9.17) is 4.74 Å². The highest BCUT2D eigenvalue weighted by atomic mass is 16.5. The van der Waals surface area contributed by atoms with Gasteiger partial charge < -0.3 is 9.53 Å². The Morgan fingerprint density at radius 2 is 1.88 bits per heavy atom. The number of rotatable bonds is 12. The molecule has 1 heterocycles. The molecule has 0 aromatic heterocycles. The van der Waals surface area contributed by atoms with Crippen LogP contribution in [0.2, 0.25) is 0 Å². The van der Waals surface area contributed by atoms with Crippen molar-refractivity contribution in [3.63, 3.8) is 0 Å². The van der Waals surface area contributed by atoms with Gasteiger partial charge >= 0.3 is 0 Å². The molecule has 3 nitrogen and oxygen atoms in total. The van der Waals surface area contributed by atoms with E-state index in [2.05, 4.69) is 36.1 Å². The molecule has 0 saturated carbocycles. The van der Waals surface area contributed by atoms with E-state index in [0.717, 1.165) is 32.1 Å². The highest BCUT2D eigenvalue weighted by molar-refractivity contribution is 5.57. The topological polar surface area (TPSA) is 29.5 Å². The molecule has 2 rings (SSSR count). The Bertz CT molecular complexity index is 462. The summed E-state index contributed by atoms with van der Waals surface area (Å²) in [5.41, 5.74) is 1.20. The van der Waals surface area contributed by atoms with Crippen LogP contribution in [0.25, 0.3) is 0 Å². The van der Waals surface area contributed by atoms with E-state index >= 15 is 0 Å². The van der Waals surface area contributed by atoms with Crippen molar-refractivity contribution in [2.24, 2.45) is 0 Å². The van der Waals surface area contributed by atoms with E-state index in [0.29, 0.717) is 6.61 Å². The van der Waals surface area contributed by atoms with Gasteiger partial charge in [0.25, 0.3) is 0 Å². The van der Waals surface area contributed by atoms with Gasteiger partial charge in [-0.1, -0.05) is 75.8 Å². The van der Waals surface area contributed by atoms with Crippen LogP contribution in [-0.2, 0) is 16.1 Å². The third-order valence-corrected chi connectivity index (χ3v) is 5.21. The van der Waals surface area contributed by atoms with Crippen LogP contribution >= 0.6 is 0 Å². The van der Waals surface area contributed by atoms with Gasteiger partial charge in [-0.15, -0.1) is 0 Å². The Hall–Kier alpha value is -1.19. The number of benzene rings is 1. The fraction of sp³-hybridized carbons (Fsp3) is 0.682. The van der Waals surface area contributed by atoms with Crippen LogP contribution in [0.5, 0.6) is 0 Å². The van der Waals surface area contributed by atoms with Crippen LogP contribution in [0.4, 0.5) is 0 Å². The molecule has 1 aliphatic rings. The van der Waals surface area contributed by atoms with Crippen molar-refractivity contribution in [2.45, 2.75) is 90.0 Å². The summed E-state index contributed by atoms with van der Waals surface area (Å²) in [5.74, 6) is 0. The number of hydrogen-bond acceptors (Lipinski definition) is 3. The maximum absolute atomic E-state index is 11.5. The van der Waals surface area contributed by atoms with Gasteiger partial charge in [-0.3, -0.25) is 4.90 Å². The Morgan fingerprint density at radius 1 is 1.12 bits per heavy atom. The molecule has 2 atom stereocenters. The SMILES string of the molecule is CCCCCCCCC(OCc1ccccc1)N1CCCCC1C=O. The lowest BCUT2D eigenvalue weighted by Gasteiger charge is -2.38. The van der Waals surface area contributed by atoms with Crippen LogP contribution in [0.15, 0.2) is 30.3 Å². The summed E-state index contributed by atoms with van der Waals surface area (Å²) < 4.78 is 6.29. The largest absolute Gasteiger partial charge is 0.358 e. The zero-order chi connectivity index (χ0) is 17.7. The van der Waals surface area contributed by atoms with Crippen LogP contribution in [0, 0.1) is 0 Å². The number of aldehydes is 1. The number of ether oxygens (including phenoxy) is 1. The average molecular weight is 346 g/mol. The Morgan fingerprint density at radius 3 is 2.64 bits per heavy atom. The van der Waals surface area contributed by atoms with Crippen molar-refractivity contribution in [3.8, 4) is 0 Å². The highest BCUT2D eigenvalue weighted by Crippen LogP contribution is 2.23. The Balaban J connectivity index is 1.86. The van der Waals surface area contributed by atoms with E-state index in [1.807, 2.05) is 6.07 Å². The first-order chi connectivity index (χ1) is 12.3. The van der Waals surface area contributed by atoms with Crippen LogP contribution in [0.3, 0.4) is 0 Å². The average Bonchev–Trinajstić information content (AvgIpc) is 2.67. The fourth-order valence-corrected chi connectivity index (χ4v) is 3.69. The van der Waals surface area contributed by atoms with Crippen LogP contribution in [-0.4, -0.2) is 30.0 Å². The van der Waals surface area contributed by atoms with Gasteiger partial charge in [0, 0.05) is 6.54 Å². The Kier molecular flexibility index (Phi) is 9.83. The van der Waals surface area contributed by atoms with Gasteiger partial charge in [0.1, 0.15) is 12.5 Å². The Labute approximate surface area is 153 Å². The molecule has 1 fully saturated rings. The lowest BCUT2D eigenvalue weighted by molar-refractivity contribution is -0.129. The van der Waals surface area contributed by atoms with Crippen molar-refractivity contribution < 1.29 is 9.53 Å². The van der Waals surface area contributed by atoms with Crippen LogP contribution in [0.1, 0.15) is 76.7 Å². The molecule has 0 spiro atoms. The van der Waals surface area contributed by atoms with Crippen molar-refractivity contribution >= 4 is 6.29 Å². The fourth-order valence-electron chi connectivity index (χ4n) is 3.69. The highest BCUT2D eigenvalue weighted by Gasteiger charge is 2.28. The predicted octanol–water partition coefficient (Wildman–Crippen LogP) is 5.33. The maximum atomic E-state index is 11.5. The number of unbranched alkanes of at least 4 members (excludes halogenated alkanes) is 5. The molecular weight excluding hydrogens is 310 g/mol. The minimum atomic E-state index is 0.0367. The van der Waals surface area contributed by atoms with Gasteiger partial charge in [-0.25, -0.2) is 0 Å². The van der Waals surface area contributed by atoms with Crippen molar-refractivity contribution in [2.75, 3.05) is 6.54 Å². The summed E-state index contributed by atoms with van der Waals surface area (Å²) in [6, 6.07) is 10.4. The van der Waals surface area contributed by atoms with Gasteiger partial charge in [-0.2, -0.15) is 0 Å². The van der Waals surface area contributed by atoms with Crippen molar-refractivity contribution in [1.82, 2.24) is 4.90 Å². The number of nitrogens with zero attached hydrogens (tertiary/aromatic N) is 1. The van der Waals surface area contributed by atoms with Gasteiger partial charge in [0.05, 0.1) is 12.6 Å². The van der Waals surface area contributed by atoms with Gasteiger partial charge in [-0.05, 0) is 31.2 Å². The molecule has 0 amide bonds. The van der Waals surface area contributed by atoms with E-state index in [1.165, 1.54) is 50.5 Å². The predicted molar refractivity (Wildman–Crippen MR) is 103 cm³/mol. The summed E-state index contributed by atoms with van der Waals surface area (Å²) in [5, 5.41) is 0. The molecular formula is C22H35NO2. The van der Waals surface area contributed by atoms with E-state index in [9.17, 15) is 4.79 Å². The first-order valence-corrected chi connectivity index (χ1v) is 10.2. The quantitative estimate of drug-likeness (QED) is 0.378. The molecule has 3 heteroatoms. The number of carbonyl (C=O) groups is 1.